The molecule has 0 radical (unpaired) electrons. The fourth-order valence-corrected chi connectivity index (χ4v) is 1.65. The molecule has 0 bridgehead atoms. The molecule has 0 aliphatic heterocycles. The van der Waals surface area contributed by atoms with Crippen LogP contribution in [0.1, 0.15) is 18.4 Å². The lowest BCUT2D eigenvalue weighted by molar-refractivity contribution is 0.410. The molecular formula is C10H13ClFNO. The topological polar surface area (TPSA) is 35.2 Å². The summed E-state index contributed by atoms with van der Waals surface area (Å²) in [5.74, 6) is -0.0406. The molecule has 0 aliphatic carbocycles. The Morgan fingerprint density at radius 3 is 2.64 bits per heavy atom. The lowest BCUT2D eigenvalue weighted by Gasteiger charge is -2.13. The van der Waals surface area contributed by atoms with E-state index in [1.165, 1.54) is 13.2 Å². The normalized spacial score (nSPS) is 12.6. The highest BCUT2D eigenvalue weighted by atomic mass is 35.5. The molecule has 0 amide bonds. The zero-order chi connectivity index (χ0) is 10.7. The van der Waals surface area contributed by atoms with E-state index in [0.29, 0.717) is 22.9 Å². The Morgan fingerprint density at radius 1 is 1.57 bits per heavy atom. The van der Waals surface area contributed by atoms with E-state index in [4.69, 9.17) is 22.1 Å². The Labute approximate surface area is 87.8 Å². The van der Waals surface area contributed by atoms with E-state index in [1.54, 1.807) is 6.07 Å². The lowest BCUT2D eigenvalue weighted by atomic mass is 10.0. The smallest absolute Gasteiger partial charge is 0.131 e. The molecule has 0 saturated heterocycles. The number of methoxy groups -OCH3 is 1. The third-order valence-corrected chi connectivity index (χ3v) is 2.45. The van der Waals surface area contributed by atoms with Crippen molar-refractivity contribution < 1.29 is 9.13 Å². The Morgan fingerprint density at radius 2 is 2.21 bits per heavy atom. The van der Waals surface area contributed by atoms with Crippen molar-refractivity contribution in [2.45, 2.75) is 12.8 Å². The fraction of sp³-hybridized carbons (Fsp3) is 0.400. The molecule has 1 atom stereocenters. The Bertz CT molecular complexity index is 307. The molecule has 0 fully saturated rings. The number of halogens is 2. The average molecular weight is 218 g/mol. The number of nitrogens with two attached hydrogens (primary N) is 1. The highest BCUT2D eigenvalue weighted by Crippen LogP contribution is 2.30. The van der Waals surface area contributed by atoms with Crippen LogP contribution in [0.5, 0.6) is 5.75 Å². The molecule has 1 unspecified atom stereocenters. The van der Waals surface area contributed by atoms with Crippen molar-refractivity contribution >= 4 is 11.6 Å². The van der Waals surface area contributed by atoms with Gasteiger partial charge in [0.2, 0.25) is 0 Å². The molecule has 4 heteroatoms. The third kappa shape index (κ3) is 2.16. The molecule has 14 heavy (non-hydrogen) atoms. The van der Waals surface area contributed by atoms with Crippen LogP contribution in [0.4, 0.5) is 4.39 Å². The molecule has 0 aliphatic rings. The van der Waals surface area contributed by atoms with E-state index in [-0.39, 0.29) is 11.7 Å². The highest BCUT2D eigenvalue weighted by Gasteiger charge is 2.15. The molecular weight excluding hydrogens is 205 g/mol. The second kappa shape index (κ2) is 4.62. The predicted molar refractivity (Wildman–Crippen MR) is 55.4 cm³/mol. The van der Waals surface area contributed by atoms with Gasteiger partial charge in [-0.15, -0.1) is 0 Å². The minimum absolute atomic E-state index is 0.0894. The minimum Gasteiger partial charge on any atom is -0.497 e. The molecule has 0 saturated carbocycles. The number of hydrogen-bond acceptors (Lipinski definition) is 2. The molecule has 78 valence electrons. The maximum absolute atomic E-state index is 13.5. The van der Waals surface area contributed by atoms with Gasteiger partial charge in [-0.2, -0.15) is 0 Å². The lowest BCUT2D eigenvalue weighted by Crippen LogP contribution is -2.11. The highest BCUT2D eigenvalue weighted by molar-refractivity contribution is 6.31. The van der Waals surface area contributed by atoms with Gasteiger partial charge in [-0.05, 0) is 18.5 Å². The van der Waals surface area contributed by atoms with Crippen molar-refractivity contribution in [3.63, 3.8) is 0 Å². The van der Waals surface area contributed by atoms with Crippen LogP contribution < -0.4 is 10.5 Å². The first-order valence-electron chi connectivity index (χ1n) is 4.33. The SMILES string of the molecule is COc1cc(F)c(C(C)CN)c(Cl)c1. The van der Waals surface area contributed by atoms with Crippen molar-refractivity contribution in [2.24, 2.45) is 5.73 Å². The van der Waals surface area contributed by atoms with E-state index >= 15 is 0 Å². The maximum atomic E-state index is 13.5. The first kappa shape index (κ1) is 11.3. The molecule has 0 spiro atoms. The van der Waals surface area contributed by atoms with Gasteiger partial charge in [0.25, 0.3) is 0 Å². The monoisotopic (exact) mass is 217 g/mol. The van der Waals surface area contributed by atoms with Crippen LogP contribution >= 0.6 is 11.6 Å². The van der Waals surface area contributed by atoms with Crippen LogP contribution in [-0.2, 0) is 0 Å². The molecule has 1 aromatic rings. The Kier molecular flexibility index (Phi) is 3.72. The first-order chi connectivity index (χ1) is 6.60. The van der Waals surface area contributed by atoms with E-state index < -0.39 is 0 Å². The average Bonchev–Trinajstić information content (AvgIpc) is 2.16. The zero-order valence-electron chi connectivity index (χ0n) is 8.18. The molecule has 0 heterocycles. The van der Waals surface area contributed by atoms with E-state index in [0.717, 1.165) is 0 Å². The summed E-state index contributed by atoms with van der Waals surface area (Å²) in [6.07, 6.45) is 0. The quantitative estimate of drug-likeness (QED) is 0.845. The summed E-state index contributed by atoms with van der Waals surface area (Å²) in [6, 6.07) is 2.90. The minimum atomic E-state index is -0.368. The van der Waals surface area contributed by atoms with E-state index in [1.807, 2.05) is 6.92 Å². The molecule has 0 aromatic heterocycles. The summed E-state index contributed by atoms with van der Waals surface area (Å²) in [6.45, 7) is 2.19. The van der Waals surface area contributed by atoms with Crippen molar-refractivity contribution in [1.29, 1.82) is 0 Å². The van der Waals surface area contributed by atoms with Crippen LogP contribution in [-0.4, -0.2) is 13.7 Å². The van der Waals surface area contributed by atoms with Crippen LogP contribution in [0.3, 0.4) is 0 Å². The Balaban J connectivity index is 3.18. The van der Waals surface area contributed by atoms with E-state index in [2.05, 4.69) is 0 Å². The number of rotatable bonds is 3. The van der Waals surface area contributed by atoms with Gasteiger partial charge in [-0.1, -0.05) is 18.5 Å². The van der Waals surface area contributed by atoms with Gasteiger partial charge in [-0.3, -0.25) is 0 Å². The molecule has 2 nitrogen and oxygen atoms in total. The van der Waals surface area contributed by atoms with Crippen LogP contribution in [0.15, 0.2) is 12.1 Å². The van der Waals surface area contributed by atoms with E-state index in [9.17, 15) is 4.39 Å². The zero-order valence-corrected chi connectivity index (χ0v) is 8.94. The van der Waals surface area contributed by atoms with Crippen LogP contribution in [0.2, 0.25) is 5.02 Å². The predicted octanol–water partition coefficient (Wildman–Crippen LogP) is 2.55. The molecule has 1 rings (SSSR count). The third-order valence-electron chi connectivity index (χ3n) is 2.13. The van der Waals surface area contributed by atoms with Crippen LogP contribution in [0.25, 0.3) is 0 Å². The standard InChI is InChI=1S/C10H13ClFNO/c1-6(5-13)10-8(11)3-7(14-2)4-9(10)12/h3-4,6H,5,13H2,1-2H3. The van der Waals surface area contributed by atoms with Gasteiger partial charge >= 0.3 is 0 Å². The van der Waals surface area contributed by atoms with Crippen LogP contribution in [0, 0.1) is 5.82 Å². The largest absolute Gasteiger partial charge is 0.497 e. The summed E-state index contributed by atoms with van der Waals surface area (Å²) in [5.41, 5.74) is 5.91. The van der Waals surface area contributed by atoms with Crippen molar-refractivity contribution in [2.75, 3.05) is 13.7 Å². The van der Waals surface area contributed by atoms with Gasteiger partial charge in [0.15, 0.2) is 0 Å². The Hall–Kier alpha value is -0.800. The van der Waals surface area contributed by atoms with Gasteiger partial charge in [0.05, 0.1) is 12.1 Å². The molecule has 2 N–H and O–H groups in total. The first-order valence-corrected chi connectivity index (χ1v) is 4.71. The summed E-state index contributed by atoms with van der Waals surface area (Å²) in [4.78, 5) is 0. The summed E-state index contributed by atoms with van der Waals surface area (Å²) in [5, 5.41) is 0.361. The van der Waals surface area contributed by atoms with Gasteiger partial charge in [0, 0.05) is 11.6 Å². The summed E-state index contributed by atoms with van der Waals surface area (Å²) < 4.78 is 18.4. The number of ether oxygens (including phenoxy) is 1. The fourth-order valence-electron chi connectivity index (χ4n) is 1.27. The van der Waals surface area contributed by atoms with Crippen molar-refractivity contribution in [3.05, 3.63) is 28.5 Å². The summed E-state index contributed by atoms with van der Waals surface area (Å²) in [7, 11) is 1.47. The molecule has 1 aromatic carbocycles. The second-order valence-corrected chi connectivity index (χ2v) is 3.55. The van der Waals surface area contributed by atoms with Gasteiger partial charge in [-0.25, -0.2) is 4.39 Å². The number of hydrogen-bond donors (Lipinski definition) is 1. The maximum Gasteiger partial charge on any atom is 0.131 e. The van der Waals surface area contributed by atoms with Gasteiger partial charge in [0.1, 0.15) is 11.6 Å². The number of benzene rings is 1. The summed E-state index contributed by atoms with van der Waals surface area (Å²) >= 11 is 5.91. The second-order valence-electron chi connectivity index (χ2n) is 3.14. The van der Waals surface area contributed by atoms with Crippen molar-refractivity contribution in [1.82, 2.24) is 0 Å². The van der Waals surface area contributed by atoms with Crippen molar-refractivity contribution in [3.8, 4) is 5.75 Å². The van der Waals surface area contributed by atoms with Gasteiger partial charge < -0.3 is 10.5 Å².